The van der Waals surface area contributed by atoms with Gasteiger partial charge in [0.15, 0.2) is 0 Å². The maximum atomic E-state index is 10.8. The Balaban J connectivity index is 2.88. The van der Waals surface area contributed by atoms with E-state index in [2.05, 4.69) is 15.2 Å². The third-order valence-corrected chi connectivity index (χ3v) is 2.36. The monoisotopic (exact) mass is 223 g/mol. The second kappa shape index (κ2) is 3.63. The van der Waals surface area contributed by atoms with E-state index >= 15 is 0 Å². The Kier molecular flexibility index (Phi) is 2.92. The molecule has 7 heteroatoms. The van der Waals surface area contributed by atoms with Gasteiger partial charge in [0, 0.05) is 17.1 Å². The fourth-order valence-corrected chi connectivity index (χ4v) is 1.45. The molecule has 5 nitrogen and oxygen atoms in total. The van der Waals surface area contributed by atoms with Gasteiger partial charge >= 0.3 is 0 Å². The molecular weight excluding hydrogens is 214 g/mol. The van der Waals surface area contributed by atoms with Gasteiger partial charge < -0.3 is 0 Å². The van der Waals surface area contributed by atoms with Crippen LogP contribution in [0.25, 0.3) is 0 Å². The summed E-state index contributed by atoms with van der Waals surface area (Å²) in [6, 6.07) is 0. The molecule has 0 aromatic carbocycles. The van der Waals surface area contributed by atoms with Crippen molar-refractivity contribution in [2.75, 3.05) is 0 Å². The zero-order valence-corrected chi connectivity index (χ0v) is 8.85. The number of aromatic amines is 1. The Morgan fingerprint density at radius 1 is 1.54 bits per heavy atom. The van der Waals surface area contributed by atoms with E-state index < -0.39 is 9.05 Å². The van der Waals surface area contributed by atoms with Gasteiger partial charge in [-0.15, -0.1) is 5.10 Å². The number of rotatable bonds is 3. The minimum atomic E-state index is -3.80. The highest BCUT2D eigenvalue weighted by Crippen LogP contribution is 2.10. The molecule has 0 amide bonds. The van der Waals surface area contributed by atoms with Crippen LogP contribution in [0.15, 0.2) is 5.16 Å². The number of halogens is 1. The van der Waals surface area contributed by atoms with E-state index in [1.54, 1.807) is 0 Å². The highest BCUT2D eigenvalue weighted by Gasteiger charge is 2.16. The molecule has 0 saturated carbocycles. The number of H-pyrrole nitrogens is 1. The van der Waals surface area contributed by atoms with Crippen LogP contribution in [-0.2, 0) is 15.5 Å². The lowest BCUT2D eigenvalue weighted by atomic mass is 10.1. The summed E-state index contributed by atoms with van der Waals surface area (Å²) in [5.74, 6) is 0.924. The Morgan fingerprint density at radius 2 is 2.15 bits per heavy atom. The highest BCUT2D eigenvalue weighted by atomic mass is 35.7. The van der Waals surface area contributed by atoms with Crippen molar-refractivity contribution in [1.82, 2.24) is 15.2 Å². The fourth-order valence-electron chi connectivity index (χ4n) is 0.865. The molecule has 0 aliphatic carbocycles. The quantitative estimate of drug-likeness (QED) is 0.774. The first-order valence-corrected chi connectivity index (χ1v) is 6.06. The van der Waals surface area contributed by atoms with E-state index in [-0.39, 0.29) is 5.16 Å². The average molecular weight is 224 g/mol. The molecule has 0 unspecified atom stereocenters. The summed E-state index contributed by atoms with van der Waals surface area (Å²) in [7, 11) is 1.24. The van der Waals surface area contributed by atoms with Gasteiger partial charge in [-0.25, -0.2) is 13.4 Å². The molecule has 1 rings (SSSR count). The number of aromatic nitrogens is 3. The summed E-state index contributed by atoms with van der Waals surface area (Å²) < 4.78 is 21.5. The standard InChI is InChI=1S/C6H10ClN3O2S/c1-4(2)3-5-8-6(10-9-5)13(7,11)12/h4H,3H2,1-2H3,(H,8,9,10). The smallest absolute Gasteiger partial charge is 0.262 e. The summed E-state index contributed by atoms with van der Waals surface area (Å²) >= 11 is 0. The number of nitrogens with one attached hydrogen (secondary N) is 1. The first-order chi connectivity index (χ1) is 5.89. The summed E-state index contributed by atoms with van der Waals surface area (Å²) in [5, 5.41) is 5.65. The van der Waals surface area contributed by atoms with Crippen molar-refractivity contribution in [2.24, 2.45) is 5.92 Å². The van der Waals surface area contributed by atoms with Crippen molar-refractivity contribution in [1.29, 1.82) is 0 Å². The van der Waals surface area contributed by atoms with E-state index in [0.717, 1.165) is 0 Å². The van der Waals surface area contributed by atoms with E-state index in [9.17, 15) is 8.42 Å². The van der Waals surface area contributed by atoms with Crippen molar-refractivity contribution in [3.8, 4) is 0 Å². The highest BCUT2D eigenvalue weighted by molar-refractivity contribution is 8.13. The van der Waals surface area contributed by atoms with Crippen LogP contribution in [-0.4, -0.2) is 23.6 Å². The second-order valence-electron chi connectivity index (χ2n) is 3.10. The van der Waals surface area contributed by atoms with Gasteiger partial charge in [0.2, 0.25) is 0 Å². The van der Waals surface area contributed by atoms with Crippen LogP contribution in [0.3, 0.4) is 0 Å². The third-order valence-electron chi connectivity index (χ3n) is 1.33. The largest absolute Gasteiger partial charge is 0.298 e. The van der Waals surface area contributed by atoms with Crippen molar-refractivity contribution >= 4 is 19.7 Å². The molecule has 0 bridgehead atoms. The van der Waals surface area contributed by atoms with Gasteiger partial charge in [-0.2, -0.15) is 0 Å². The number of nitrogens with zero attached hydrogens (tertiary/aromatic N) is 2. The molecule has 0 aliphatic heterocycles. The van der Waals surface area contributed by atoms with Gasteiger partial charge in [-0.1, -0.05) is 13.8 Å². The van der Waals surface area contributed by atoms with Crippen LogP contribution < -0.4 is 0 Å². The molecule has 74 valence electrons. The van der Waals surface area contributed by atoms with Crippen LogP contribution in [0.5, 0.6) is 0 Å². The first-order valence-electron chi connectivity index (χ1n) is 3.75. The molecule has 0 radical (unpaired) electrons. The summed E-state index contributed by atoms with van der Waals surface area (Å²) in [6.45, 7) is 3.99. The molecule has 1 aromatic rings. The second-order valence-corrected chi connectivity index (χ2v) is 5.56. The molecular formula is C6H10ClN3O2S. The van der Waals surface area contributed by atoms with Gasteiger partial charge in [0.1, 0.15) is 5.82 Å². The fraction of sp³-hybridized carbons (Fsp3) is 0.667. The van der Waals surface area contributed by atoms with Gasteiger partial charge in [-0.05, 0) is 5.92 Å². The molecule has 0 saturated heterocycles. The van der Waals surface area contributed by atoms with E-state index in [4.69, 9.17) is 10.7 Å². The lowest BCUT2D eigenvalue weighted by Crippen LogP contribution is -1.97. The maximum Gasteiger partial charge on any atom is 0.298 e. The van der Waals surface area contributed by atoms with Gasteiger partial charge in [-0.3, -0.25) is 5.10 Å². The minimum absolute atomic E-state index is 0.357. The molecule has 0 atom stereocenters. The molecule has 13 heavy (non-hydrogen) atoms. The maximum absolute atomic E-state index is 10.8. The van der Waals surface area contributed by atoms with Gasteiger partial charge in [0.25, 0.3) is 14.2 Å². The summed E-state index contributed by atoms with van der Waals surface area (Å²) in [6.07, 6.45) is 0.652. The van der Waals surface area contributed by atoms with Crippen molar-refractivity contribution in [3.63, 3.8) is 0 Å². The molecule has 0 fully saturated rings. The zero-order valence-electron chi connectivity index (χ0n) is 7.28. The first kappa shape index (κ1) is 10.5. The summed E-state index contributed by atoms with van der Waals surface area (Å²) in [4.78, 5) is 3.74. The number of hydrogen-bond donors (Lipinski definition) is 1. The Hall–Kier alpha value is -0.620. The predicted molar refractivity (Wildman–Crippen MR) is 48.0 cm³/mol. The third kappa shape index (κ3) is 2.96. The van der Waals surface area contributed by atoms with E-state index in [0.29, 0.717) is 18.2 Å². The lowest BCUT2D eigenvalue weighted by molar-refractivity contribution is 0.600. The van der Waals surface area contributed by atoms with E-state index in [1.165, 1.54) is 0 Å². The Bertz CT molecular complexity index is 384. The molecule has 0 aliphatic rings. The zero-order chi connectivity index (χ0) is 10.1. The summed E-state index contributed by atoms with van der Waals surface area (Å²) in [5.41, 5.74) is 0. The van der Waals surface area contributed by atoms with Crippen LogP contribution in [0.4, 0.5) is 0 Å². The normalized spacial score (nSPS) is 12.3. The molecule has 1 N–H and O–H groups in total. The molecule has 1 heterocycles. The Labute approximate surface area is 80.9 Å². The van der Waals surface area contributed by atoms with Crippen molar-refractivity contribution < 1.29 is 8.42 Å². The van der Waals surface area contributed by atoms with Crippen molar-refractivity contribution in [2.45, 2.75) is 25.4 Å². The van der Waals surface area contributed by atoms with Crippen LogP contribution in [0.1, 0.15) is 19.7 Å². The van der Waals surface area contributed by atoms with Gasteiger partial charge in [0.05, 0.1) is 0 Å². The van der Waals surface area contributed by atoms with Crippen LogP contribution in [0.2, 0.25) is 0 Å². The van der Waals surface area contributed by atoms with Crippen LogP contribution in [0, 0.1) is 5.92 Å². The molecule has 0 spiro atoms. The topological polar surface area (TPSA) is 75.7 Å². The SMILES string of the molecule is CC(C)Cc1nc(S(=O)(=O)Cl)n[nH]1. The lowest BCUT2D eigenvalue weighted by Gasteiger charge is -1.97. The number of hydrogen-bond acceptors (Lipinski definition) is 4. The van der Waals surface area contributed by atoms with Crippen LogP contribution >= 0.6 is 10.7 Å². The Morgan fingerprint density at radius 3 is 2.54 bits per heavy atom. The minimum Gasteiger partial charge on any atom is -0.262 e. The van der Waals surface area contributed by atoms with E-state index in [1.807, 2.05) is 13.8 Å². The van der Waals surface area contributed by atoms with Crippen molar-refractivity contribution in [3.05, 3.63) is 5.82 Å². The predicted octanol–water partition coefficient (Wildman–Crippen LogP) is 0.931. The molecule has 1 aromatic heterocycles. The average Bonchev–Trinajstić information content (AvgIpc) is 2.32.